The molecule has 0 saturated carbocycles. The summed E-state index contributed by atoms with van der Waals surface area (Å²) in [5.74, 6) is 2.15. The van der Waals surface area contributed by atoms with Crippen molar-refractivity contribution in [2.45, 2.75) is 38.0 Å². The average Bonchev–Trinajstić information content (AvgIpc) is 2.67. The highest BCUT2D eigenvalue weighted by Crippen LogP contribution is 2.35. The van der Waals surface area contributed by atoms with Gasteiger partial charge in [0.1, 0.15) is 0 Å². The minimum Gasteiger partial charge on any atom is -0.381 e. The van der Waals surface area contributed by atoms with Gasteiger partial charge in [-0.25, -0.2) is 0 Å². The number of unbranched alkanes of at least 4 members (excludes halogenated alkanes) is 1. The Morgan fingerprint density at radius 3 is 2.52 bits per heavy atom. The second-order valence-electron chi connectivity index (χ2n) is 6.72. The van der Waals surface area contributed by atoms with Crippen molar-refractivity contribution in [3.8, 4) is 0 Å². The van der Waals surface area contributed by atoms with Crippen LogP contribution in [0.1, 0.15) is 38.2 Å². The normalized spacial score (nSPS) is 16.5. The zero-order valence-corrected chi connectivity index (χ0v) is 21.2. The number of benzene rings is 1. The van der Waals surface area contributed by atoms with Gasteiger partial charge in [-0.15, -0.1) is 24.0 Å². The predicted molar refractivity (Wildman–Crippen MR) is 133 cm³/mol. The van der Waals surface area contributed by atoms with Crippen LogP contribution in [-0.4, -0.2) is 50.8 Å². The van der Waals surface area contributed by atoms with Crippen molar-refractivity contribution in [3.05, 3.63) is 34.3 Å². The molecule has 0 atom stereocenters. The van der Waals surface area contributed by atoms with Crippen LogP contribution in [0.15, 0.2) is 33.7 Å². The van der Waals surface area contributed by atoms with Crippen molar-refractivity contribution < 1.29 is 4.74 Å². The zero-order valence-electron chi connectivity index (χ0n) is 16.4. The van der Waals surface area contributed by atoms with Crippen LogP contribution in [0.3, 0.4) is 0 Å². The molecule has 7 heteroatoms. The zero-order chi connectivity index (χ0) is 18.7. The summed E-state index contributed by atoms with van der Waals surface area (Å²) in [6, 6.07) is 8.72. The molecule has 0 radical (unpaired) electrons. The van der Waals surface area contributed by atoms with Crippen LogP contribution in [0.4, 0.5) is 0 Å². The first kappa shape index (κ1) is 25.0. The first-order chi connectivity index (χ1) is 12.7. The number of thioether (sulfide) groups is 1. The molecule has 2 rings (SSSR count). The minimum absolute atomic E-state index is 0. The summed E-state index contributed by atoms with van der Waals surface area (Å²) in [6.45, 7) is 6.38. The Hall–Kier alpha value is 0.01000. The van der Waals surface area contributed by atoms with E-state index in [4.69, 9.17) is 9.73 Å². The fourth-order valence-electron chi connectivity index (χ4n) is 3.25. The van der Waals surface area contributed by atoms with Gasteiger partial charge in [0.15, 0.2) is 5.96 Å². The highest BCUT2D eigenvalue weighted by atomic mass is 127. The summed E-state index contributed by atoms with van der Waals surface area (Å²) in [4.78, 5) is 4.95. The van der Waals surface area contributed by atoms with Crippen molar-refractivity contribution in [2.24, 2.45) is 4.99 Å². The van der Waals surface area contributed by atoms with E-state index in [1.54, 1.807) is 0 Å². The third-order valence-electron chi connectivity index (χ3n) is 4.86. The Balaban J connectivity index is 0.00000364. The summed E-state index contributed by atoms with van der Waals surface area (Å²) in [5, 5.41) is 6.87. The molecule has 0 bridgehead atoms. The smallest absolute Gasteiger partial charge is 0.191 e. The standard InChI is InChI=1S/C20H32BrN3OS.HI/c1-3-22-19(23-12-4-5-15-26-2)24-16-20(10-13-25-14-11-20)17-6-8-18(21)9-7-17;/h6-9H,3-5,10-16H2,1-2H3,(H2,22,23,24);1H. The molecule has 0 aromatic heterocycles. The summed E-state index contributed by atoms with van der Waals surface area (Å²) >= 11 is 5.45. The predicted octanol–water partition coefficient (Wildman–Crippen LogP) is 4.81. The number of hydrogen-bond donors (Lipinski definition) is 2. The average molecular weight is 570 g/mol. The molecule has 0 aliphatic carbocycles. The molecule has 0 amide bonds. The van der Waals surface area contributed by atoms with Gasteiger partial charge in [-0.3, -0.25) is 4.99 Å². The maximum absolute atomic E-state index is 5.64. The topological polar surface area (TPSA) is 45.7 Å². The number of aliphatic imine (C=N–C) groups is 1. The van der Waals surface area contributed by atoms with Gasteiger partial charge in [-0.05, 0) is 62.3 Å². The van der Waals surface area contributed by atoms with Crippen LogP contribution in [0.5, 0.6) is 0 Å². The van der Waals surface area contributed by atoms with E-state index in [1.807, 2.05) is 11.8 Å². The molecular weight excluding hydrogens is 537 g/mol. The van der Waals surface area contributed by atoms with E-state index >= 15 is 0 Å². The number of nitrogens with one attached hydrogen (secondary N) is 2. The van der Waals surface area contributed by atoms with Gasteiger partial charge >= 0.3 is 0 Å². The van der Waals surface area contributed by atoms with E-state index in [-0.39, 0.29) is 29.4 Å². The molecular formula is C20H33BrIN3OS. The van der Waals surface area contributed by atoms with Crippen molar-refractivity contribution in [1.82, 2.24) is 10.6 Å². The minimum atomic E-state index is 0. The van der Waals surface area contributed by atoms with Crippen molar-refractivity contribution in [2.75, 3.05) is 44.9 Å². The number of rotatable bonds is 9. The molecule has 1 aliphatic heterocycles. The molecule has 0 unspecified atom stereocenters. The lowest BCUT2D eigenvalue weighted by Gasteiger charge is -2.36. The Kier molecular flexibility index (Phi) is 13.0. The lowest BCUT2D eigenvalue weighted by atomic mass is 9.74. The molecule has 2 N–H and O–H groups in total. The molecule has 1 saturated heterocycles. The Morgan fingerprint density at radius 1 is 1.19 bits per heavy atom. The Morgan fingerprint density at radius 2 is 1.89 bits per heavy atom. The van der Waals surface area contributed by atoms with E-state index in [2.05, 4.69) is 64.0 Å². The van der Waals surface area contributed by atoms with Crippen LogP contribution < -0.4 is 10.6 Å². The van der Waals surface area contributed by atoms with E-state index in [9.17, 15) is 0 Å². The molecule has 1 fully saturated rings. The largest absolute Gasteiger partial charge is 0.381 e. The summed E-state index contributed by atoms with van der Waals surface area (Å²) < 4.78 is 6.75. The van der Waals surface area contributed by atoms with Gasteiger partial charge in [-0.2, -0.15) is 11.8 Å². The van der Waals surface area contributed by atoms with Crippen molar-refractivity contribution in [3.63, 3.8) is 0 Å². The number of hydrogen-bond acceptors (Lipinski definition) is 3. The fourth-order valence-corrected chi connectivity index (χ4v) is 4.01. The Labute approximate surface area is 194 Å². The number of halogens is 2. The molecule has 1 aromatic rings. The van der Waals surface area contributed by atoms with Crippen LogP contribution in [0.25, 0.3) is 0 Å². The van der Waals surface area contributed by atoms with E-state index < -0.39 is 0 Å². The molecule has 27 heavy (non-hydrogen) atoms. The lowest BCUT2D eigenvalue weighted by molar-refractivity contribution is 0.0531. The van der Waals surface area contributed by atoms with E-state index in [0.29, 0.717) is 0 Å². The first-order valence-corrected chi connectivity index (χ1v) is 11.7. The van der Waals surface area contributed by atoms with Crippen LogP contribution in [0, 0.1) is 0 Å². The van der Waals surface area contributed by atoms with Gasteiger partial charge in [0.05, 0.1) is 6.54 Å². The Bertz CT molecular complexity index is 551. The quantitative estimate of drug-likeness (QED) is 0.194. The third-order valence-corrected chi connectivity index (χ3v) is 6.08. The molecule has 1 aromatic carbocycles. The van der Waals surface area contributed by atoms with Gasteiger partial charge in [0.25, 0.3) is 0 Å². The molecule has 4 nitrogen and oxygen atoms in total. The second-order valence-corrected chi connectivity index (χ2v) is 8.62. The lowest BCUT2D eigenvalue weighted by Crippen LogP contribution is -2.41. The summed E-state index contributed by atoms with van der Waals surface area (Å²) in [6.07, 6.45) is 6.62. The van der Waals surface area contributed by atoms with Gasteiger partial charge in [0, 0.05) is 36.2 Å². The third kappa shape index (κ3) is 8.50. The summed E-state index contributed by atoms with van der Waals surface area (Å²) in [7, 11) is 0. The SMILES string of the molecule is CCNC(=NCC1(c2ccc(Br)cc2)CCOCC1)NCCCCSC.I. The van der Waals surface area contributed by atoms with Crippen molar-refractivity contribution >= 4 is 57.6 Å². The van der Waals surface area contributed by atoms with Gasteiger partial charge in [0.2, 0.25) is 0 Å². The highest BCUT2D eigenvalue weighted by molar-refractivity contribution is 14.0. The number of nitrogens with zero attached hydrogens (tertiary/aromatic N) is 1. The molecule has 0 spiro atoms. The van der Waals surface area contributed by atoms with E-state index in [1.165, 1.54) is 24.2 Å². The van der Waals surface area contributed by atoms with Crippen LogP contribution in [0.2, 0.25) is 0 Å². The fraction of sp³-hybridized carbons (Fsp3) is 0.650. The number of ether oxygens (including phenoxy) is 1. The molecule has 154 valence electrons. The van der Waals surface area contributed by atoms with Gasteiger partial charge < -0.3 is 15.4 Å². The van der Waals surface area contributed by atoms with E-state index in [0.717, 1.165) is 56.1 Å². The maximum Gasteiger partial charge on any atom is 0.191 e. The van der Waals surface area contributed by atoms with Gasteiger partial charge in [-0.1, -0.05) is 28.1 Å². The maximum atomic E-state index is 5.64. The second kappa shape index (κ2) is 14.1. The molecule has 1 heterocycles. The first-order valence-electron chi connectivity index (χ1n) is 9.55. The van der Waals surface area contributed by atoms with Crippen molar-refractivity contribution in [1.29, 1.82) is 0 Å². The monoisotopic (exact) mass is 569 g/mol. The van der Waals surface area contributed by atoms with Crippen LogP contribution in [-0.2, 0) is 10.2 Å². The van der Waals surface area contributed by atoms with Crippen LogP contribution >= 0.6 is 51.7 Å². The number of guanidine groups is 1. The molecule has 1 aliphatic rings. The summed E-state index contributed by atoms with van der Waals surface area (Å²) in [5.41, 5.74) is 1.43. The highest BCUT2D eigenvalue weighted by Gasteiger charge is 2.34.